The Bertz CT molecular complexity index is 644. The number of carbonyl (C=O) groups is 1. The summed E-state index contributed by atoms with van der Waals surface area (Å²) in [5.74, 6) is -0.00994. The zero-order chi connectivity index (χ0) is 15.4. The molecule has 1 fully saturated rings. The molecule has 4 heteroatoms. The quantitative estimate of drug-likeness (QED) is 0.806. The molecule has 2 N–H and O–H groups in total. The molecule has 1 aromatic carbocycles. The van der Waals surface area contributed by atoms with Crippen LogP contribution in [0.3, 0.4) is 0 Å². The smallest absolute Gasteiger partial charge is 0.244 e. The Hall–Kier alpha value is -2.33. The summed E-state index contributed by atoms with van der Waals surface area (Å²) >= 11 is 0. The first-order chi connectivity index (χ1) is 10.7. The molecule has 0 bridgehead atoms. The molecular formula is C18H19NO3. The molecule has 1 heterocycles. The fraction of sp³-hybridized carbons (Fsp3) is 0.278. The van der Waals surface area contributed by atoms with Gasteiger partial charge in [-0.2, -0.15) is 0 Å². The molecule has 1 aliphatic carbocycles. The number of hydrogen-bond donors (Lipinski definition) is 2. The molecule has 1 atom stereocenters. The highest BCUT2D eigenvalue weighted by atomic mass is 16.3. The largest absolute Gasteiger partial charge is 0.472 e. The van der Waals surface area contributed by atoms with Gasteiger partial charge in [0.2, 0.25) is 5.91 Å². The number of carbonyl (C=O) groups excluding carboxylic acids is 1. The summed E-state index contributed by atoms with van der Waals surface area (Å²) in [4.78, 5) is 11.9. The molecule has 22 heavy (non-hydrogen) atoms. The van der Waals surface area contributed by atoms with Crippen molar-refractivity contribution in [1.82, 2.24) is 5.32 Å². The first-order valence-electron chi connectivity index (χ1n) is 7.44. The van der Waals surface area contributed by atoms with Crippen LogP contribution in [0.1, 0.15) is 24.0 Å². The summed E-state index contributed by atoms with van der Waals surface area (Å²) in [5, 5.41) is 13.8. The lowest BCUT2D eigenvalue weighted by Gasteiger charge is -2.29. The Labute approximate surface area is 129 Å². The van der Waals surface area contributed by atoms with Gasteiger partial charge in [0.05, 0.1) is 19.1 Å². The van der Waals surface area contributed by atoms with Crippen LogP contribution < -0.4 is 5.32 Å². The third-order valence-electron chi connectivity index (χ3n) is 4.03. The summed E-state index contributed by atoms with van der Waals surface area (Å²) in [6.45, 7) is 0.218. The Balaban J connectivity index is 1.64. The SMILES string of the molecule is O=C(/C=C/c1ccoc1)NC[C@](O)(c1ccccc1)C1CC1. The van der Waals surface area contributed by atoms with E-state index in [1.165, 1.54) is 6.08 Å². The summed E-state index contributed by atoms with van der Waals surface area (Å²) in [7, 11) is 0. The standard InChI is InChI=1S/C18H19NO3/c20-17(9-6-14-10-11-22-12-14)19-13-18(21,16-7-8-16)15-4-2-1-3-5-15/h1-6,9-12,16,21H,7-8,13H2,(H,19,20)/b9-6+/t18-/m0/s1. The van der Waals surface area contributed by atoms with Gasteiger partial charge in [-0.3, -0.25) is 4.79 Å². The molecule has 0 unspecified atom stereocenters. The normalized spacial score (nSPS) is 17.3. The first kappa shape index (κ1) is 14.6. The van der Waals surface area contributed by atoms with Gasteiger partial charge >= 0.3 is 0 Å². The minimum absolute atomic E-state index is 0.216. The number of rotatable bonds is 6. The van der Waals surface area contributed by atoms with E-state index in [4.69, 9.17) is 4.42 Å². The maximum Gasteiger partial charge on any atom is 0.244 e. The van der Waals surface area contributed by atoms with E-state index in [0.717, 1.165) is 24.0 Å². The van der Waals surface area contributed by atoms with Crippen molar-refractivity contribution in [3.8, 4) is 0 Å². The van der Waals surface area contributed by atoms with Crippen molar-refractivity contribution in [1.29, 1.82) is 0 Å². The summed E-state index contributed by atoms with van der Waals surface area (Å²) < 4.78 is 4.94. The molecule has 1 aromatic heterocycles. The Morgan fingerprint density at radius 1 is 1.32 bits per heavy atom. The molecule has 0 saturated heterocycles. The van der Waals surface area contributed by atoms with Crippen LogP contribution in [-0.2, 0) is 10.4 Å². The second kappa shape index (κ2) is 6.20. The van der Waals surface area contributed by atoms with E-state index in [2.05, 4.69) is 5.32 Å². The van der Waals surface area contributed by atoms with E-state index in [-0.39, 0.29) is 18.4 Å². The van der Waals surface area contributed by atoms with E-state index < -0.39 is 5.60 Å². The Morgan fingerprint density at radius 3 is 2.73 bits per heavy atom. The molecule has 1 amide bonds. The van der Waals surface area contributed by atoms with Crippen LogP contribution in [0, 0.1) is 5.92 Å². The molecule has 4 nitrogen and oxygen atoms in total. The van der Waals surface area contributed by atoms with E-state index in [1.54, 1.807) is 24.7 Å². The van der Waals surface area contributed by atoms with Gasteiger partial charge in [0, 0.05) is 11.6 Å². The van der Waals surface area contributed by atoms with Gasteiger partial charge in [0.15, 0.2) is 0 Å². The van der Waals surface area contributed by atoms with Crippen molar-refractivity contribution in [3.63, 3.8) is 0 Å². The first-order valence-corrected chi connectivity index (χ1v) is 7.44. The van der Waals surface area contributed by atoms with Crippen molar-refractivity contribution in [2.24, 2.45) is 5.92 Å². The predicted molar refractivity (Wildman–Crippen MR) is 83.8 cm³/mol. The van der Waals surface area contributed by atoms with Crippen LogP contribution in [0.25, 0.3) is 6.08 Å². The Kier molecular flexibility index (Phi) is 4.11. The van der Waals surface area contributed by atoms with Crippen molar-refractivity contribution in [2.45, 2.75) is 18.4 Å². The number of aliphatic hydroxyl groups is 1. The zero-order valence-corrected chi connectivity index (χ0v) is 12.2. The van der Waals surface area contributed by atoms with Crippen molar-refractivity contribution < 1.29 is 14.3 Å². The lowest BCUT2D eigenvalue weighted by atomic mass is 9.88. The maximum atomic E-state index is 11.9. The highest BCUT2D eigenvalue weighted by molar-refractivity contribution is 5.91. The summed E-state index contributed by atoms with van der Waals surface area (Å²) in [6, 6.07) is 11.3. The van der Waals surface area contributed by atoms with Crippen LogP contribution in [0.5, 0.6) is 0 Å². The van der Waals surface area contributed by atoms with Crippen molar-refractivity contribution in [3.05, 3.63) is 66.1 Å². The van der Waals surface area contributed by atoms with Crippen LogP contribution in [-0.4, -0.2) is 17.6 Å². The lowest BCUT2D eigenvalue weighted by Crippen LogP contribution is -2.42. The minimum Gasteiger partial charge on any atom is -0.472 e. The molecule has 0 aliphatic heterocycles. The molecular weight excluding hydrogens is 278 g/mol. The molecule has 1 saturated carbocycles. The second-order valence-electron chi connectivity index (χ2n) is 5.67. The average molecular weight is 297 g/mol. The number of hydrogen-bond acceptors (Lipinski definition) is 3. The number of amides is 1. The van der Waals surface area contributed by atoms with Gasteiger partial charge in [-0.15, -0.1) is 0 Å². The molecule has 0 spiro atoms. The summed E-state index contributed by atoms with van der Waals surface area (Å²) in [5.41, 5.74) is 0.702. The third kappa shape index (κ3) is 3.28. The van der Waals surface area contributed by atoms with Gasteiger partial charge in [-0.25, -0.2) is 0 Å². The van der Waals surface area contributed by atoms with Gasteiger partial charge in [0.25, 0.3) is 0 Å². The highest BCUT2D eigenvalue weighted by Crippen LogP contribution is 2.45. The fourth-order valence-corrected chi connectivity index (χ4v) is 2.59. The molecule has 3 rings (SSSR count). The third-order valence-corrected chi connectivity index (χ3v) is 4.03. The second-order valence-corrected chi connectivity index (χ2v) is 5.67. The molecule has 1 aliphatic rings. The van der Waals surface area contributed by atoms with Crippen LogP contribution in [0.2, 0.25) is 0 Å². The minimum atomic E-state index is -0.986. The molecule has 114 valence electrons. The number of furan rings is 1. The number of nitrogens with one attached hydrogen (secondary N) is 1. The van der Waals surface area contributed by atoms with E-state index in [1.807, 2.05) is 30.3 Å². The van der Waals surface area contributed by atoms with Crippen molar-refractivity contribution >= 4 is 12.0 Å². The monoisotopic (exact) mass is 297 g/mol. The van der Waals surface area contributed by atoms with E-state index in [0.29, 0.717) is 0 Å². The van der Waals surface area contributed by atoms with Gasteiger partial charge < -0.3 is 14.8 Å². The maximum absolute atomic E-state index is 11.9. The highest BCUT2D eigenvalue weighted by Gasteiger charge is 2.45. The van der Waals surface area contributed by atoms with Crippen LogP contribution in [0.4, 0.5) is 0 Å². The van der Waals surface area contributed by atoms with E-state index >= 15 is 0 Å². The van der Waals surface area contributed by atoms with Gasteiger partial charge in [-0.05, 0) is 36.5 Å². The van der Waals surface area contributed by atoms with Crippen LogP contribution >= 0.6 is 0 Å². The van der Waals surface area contributed by atoms with Gasteiger partial charge in [-0.1, -0.05) is 30.3 Å². The zero-order valence-electron chi connectivity index (χ0n) is 12.2. The van der Waals surface area contributed by atoms with Crippen molar-refractivity contribution in [2.75, 3.05) is 6.54 Å². The average Bonchev–Trinajstić information content (AvgIpc) is 3.29. The van der Waals surface area contributed by atoms with E-state index in [9.17, 15) is 9.90 Å². The Morgan fingerprint density at radius 2 is 2.09 bits per heavy atom. The summed E-state index contributed by atoms with van der Waals surface area (Å²) in [6.07, 6.45) is 8.23. The van der Waals surface area contributed by atoms with Crippen LogP contribution in [0.15, 0.2) is 59.4 Å². The lowest BCUT2D eigenvalue weighted by molar-refractivity contribution is -0.118. The topological polar surface area (TPSA) is 62.5 Å². The fourth-order valence-electron chi connectivity index (χ4n) is 2.59. The number of benzene rings is 1. The van der Waals surface area contributed by atoms with Gasteiger partial charge in [0.1, 0.15) is 5.60 Å². The molecule has 0 radical (unpaired) electrons. The molecule has 2 aromatic rings. The predicted octanol–water partition coefficient (Wildman–Crippen LogP) is 2.71.